The Morgan fingerprint density at radius 1 is 1.33 bits per heavy atom. The molecule has 2 nitrogen and oxygen atoms in total. The third kappa shape index (κ3) is 2.44. The maximum absolute atomic E-state index is 12.8. The van der Waals surface area contributed by atoms with E-state index in [0.717, 1.165) is 0 Å². The third-order valence-electron chi connectivity index (χ3n) is 1.27. The first-order valence-corrected chi connectivity index (χ1v) is 3.07. The van der Waals surface area contributed by atoms with Gasteiger partial charge in [0.15, 0.2) is 0 Å². The van der Waals surface area contributed by atoms with Crippen molar-refractivity contribution in [3.05, 3.63) is 24.0 Å². The van der Waals surface area contributed by atoms with Gasteiger partial charge in [-0.25, -0.2) is 0 Å². The summed E-state index contributed by atoms with van der Waals surface area (Å²) in [5.74, 6) is 0.0703. The van der Waals surface area contributed by atoms with Gasteiger partial charge in [0.2, 0.25) is 0 Å². The molecule has 0 aliphatic heterocycles. The first-order chi connectivity index (χ1) is 5.27. The van der Waals surface area contributed by atoms with E-state index in [-0.39, 0.29) is 24.6 Å². The van der Waals surface area contributed by atoms with Crippen molar-refractivity contribution in [1.82, 2.24) is 0 Å². The summed E-state index contributed by atoms with van der Waals surface area (Å²) in [6, 6.07) is 5.34. The van der Waals surface area contributed by atoms with Crippen molar-refractivity contribution in [2.45, 2.75) is 0 Å². The van der Waals surface area contributed by atoms with Crippen molar-refractivity contribution < 1.29 is 32.7 Å². The van der Waals surface area contributed by atoms with Crippen molar-refractivity contribution in [1.29, 1.82) is 0 Å². The molecule has 0 aliphatic rings. The van der Waals surface area contributed by atoms with Gasteiger partial charge in [-0.3, -0.25) is 4.39 Å². The number of methoxy groups -OCH3 is 2. The minimum absolute atomic E-state index is 0. The van der Waals surface area contributed by atoms with Crippen molar-refractivity contribution in [2.24, 2.45) is 0 Å². The van der Waals surface area contributed by atoms with Gasteiger partial charge in [-0.1, -0.05) is 6.07 Å². The molecule has 0 saturated carbocycles. The number of halogens is 1. The molecular weight excluding hydrogens is 154 g/mol. The molecule has 0 aromatic heterocycles. The minimum Gasteiger partial charge on any atom is -0.554 e. The van der Waals surface area contributed by atoms with E-state index in [9.17, 15) is 4.39 Å². The van der Waals surface area contributed by atoms with Crippen LogP contribution in [0, 0.1) is 11.9 Å². The monoisotopic (exact) mass is 162 g/mol. The molecule has 0 atom stereocenters. The average Bonchev–Trinajstić information content (AvgIpc) is 2.04. The Morgan fingerprint density at radius 2 is 2.00 bits per heavy atom. The molecule has 4 heteroatoms. The van der Waals surface area contributed by atoms with Crippen molar-refractivity contribution in [3.63, 3.8) is 0 Å². The largest absolute Gasteiger partial charge is 1.00 e. The fourth-order valence-corrected chi connectivity index (χ4v) is 0.712. The molecule has 0 fully saturated rings. The Labute approximate surface area is 82.9 Å². The summed E-state index contributed by atoms with van der Waals surface area (Å²) in [6.07, 6.45) is 0. The van der Waals surface area contributed by atoms with Crippen molar-refractivity contribution in [3.8, 4) is 11.5 Å². The van der Waals surface area contributed by atoms with Crippen LogP contribution in [0.25, 0.3) is 0 Å². The van der Waals surface area contributed by atoms with Crippen LogP contribution in [0.5, 0.6) is 11.5 Å². The molecular formula is C8H8FLiO2. The number of benzene rings is 1. The first-order valence-electron chi connectivity index (χ1n) is 3.07. The molecule has 0 amide bonds. The van der Waals surface area contributed by atoms with Crippen LogP contribution in [0.2, 0.25) is 0 Å². The molecule has 12 heavy (non-hydrogen) atoms. The normalized spacial score (nSPS) is 8.58. The van der Waals surface area contributed by atoms with E-state index in [1.165, 1.54) is 26.4 Å². The van der Waals surface area contributed by atoms with Crippen LogP contribution in [0.4, 0.5) is 4.39 Å². The summed E-state index contributed by atoms with van der Waals surface area (Å²) < 4.78 is 22.2. The van der Waals surface area contributed by atoms with E-state index in [4.69, 9.17) is 4.74 Å². The van der Waals surface area contributed by atoms with Gasteiger partial charge < -0.3 is 9.47 Å². The standard InChI is InChI=1S/C8H8FO2.Li/c1-10-6-3-4-8(11-2)7(9)5-6;/h3,5H,1-2H3;/q-1;+1. The first kappa shape index (κ1) is 11.3. The quantitative estimate of drug-likeness (QED) is 0.395. The maximum atomic E-state index is 12.8. The summed E-state index contributed by atoms with van der Waals surface area (Å²) >= 11 is 0. The molecule has 0 unspecified atom stereocenters. The molecule has 0 heterocycles. The molecule has 1 aromatic carbocycles. The van der Waals surface area contributed by atoms with Crippen LogP contribution < -0.4 is 28.3 Å². The predicted molar refractivity (Wildman–Crippen MR) is 38.3 cm³/mol. The van der Waals surface area contributed by atoms with Crippen molar-refractivity contribution >= 4 is 0 Å². The topological polar surface area (TPSA) is 18.5 Å². The maximum Gasteiger partial charge on any atom is 1.00 e. The van der Waals surface area contributed by atoms with Gasteiger partial charge >= 0.3 is 18.9 Å². The summed E-state index contributed by atoms with van der Waals surface area (Å²) in [4.78, 5) is 0. The van der Waals surface area contributed by atoms with E-state index in [1.54, 1.807) is 0 Å². The molecule has 1 rings (SSSR count). The molecule has 1 aromatic rings. The van der Waals surface area contributed by atoms with Gasteiger partial charge in [-0.05, 0) is 0 Å². The Morgan fingerprint density at radius 3 is 2.42 bits per heavy atom. The fraction of sp³-hybridized carbons (Fsp3) is 0.250. The van der Waals surface area contributed by atoms with Gasteiger partial charge in [-0.15, -0.1) is 12.1 Å². The zero-order valence-electron chi connectivity index (χ0n) is 7.35. The van der Waals surface area contributed by atoms with Crippen LogP contribution >= 0.6 is 0 Å². The smallest absolute Gasteiger partial charge is 0.554 e. The van der Waals surface area contributed by atoms with E-state index in [1.807, 2.05) is 0 Å². The van der Waals surface area contributed by atoms with Crippen LogP contribution in [0.3, 0.4) is 0 Å². The Hall–Kier alpha value is -0.653. The molecule has 0 N–H and O–H groups in total. The minimum atomic E-state index is -0.466. The fourth-order valence-electron chi connectivity index (χ4n) is 0.712. The summed E-state index contributed by atoms with van der Waals surface area (Å²) in [7, 11) is 2.86. The summed E-state index contributed by atoms with van der Waals surface area (Å²) in [6.45, 7) is 0. The molecule has 0 radical (unpaired) electrons. The number of ether oxygens (including phenoxy) is 2. The number of hydrogen-bond donors (Lipinski definition) is 0. The molecule has 0 bridgehead atoms. The van der Waals surface area contributed by atoms with E-state index < -0.39 is 5.82 Å². The second-order valence-corrected chi connectivity index (χ2v) is 1.92. The van der Waals surface area contributed by atoms with Gasteiger partial charge in [-0.2, -0.15) is 0 Å². The summed E-state index contributed by atoms with van der Waals surface area (Å²) in [5.41, 5.74) is 0. The third-order valence-corrected chi connectivity index (χ3v) is 1.27. The molecule has 0 aliphatic carbocycles. The van der Waals surface area contributed by atoms with E-state index in [2.05, 4.69) is 10.8 Å². The zero-order chi connectivity index (χ0) is 8.27. The number of rotatable bonds is 2. The SMILES string of the molecule is COc1c[c-]c(OC)c(F)c1.[Li+]. The van der Waals surface area contributed by atoms with E-state index >= 15 is 0 Å². The Kier molecular flexibility index (Phi) is 4.80. The Balaban J connectivity index is 0.00000121. The van der Waals surface area contributed by atoms with Gasteiger partial charge in [0.05, 0.1) is 20.0 Å². The van der Waals surface area contributed by atoms with Gasteiger partial charge in [0.25, 0.3) is 0 Å². The number of hydrogen-bond acceptors (Lipinski definition) is 2. The Bertz CT molecular complexity index is 253. The summed E-state index contributed by atoms with van der Waals surface area (Å²) in [5, 5.41) is 0. The van der Waals surface area contributed by atoms with E-state index in [0.29, 0.717) is 5.75 Å². The molecule has 60 valence electrons. The predicted octanol–water partition coefficient (Wildman–Crippen LogP) is -1.35. The molecule has 0 spiro atoms. The van der Waals surface area contributed by atoms with Crippen LogP contribution in [0.15, 0.2) is 12.1 Å². The van der Waals surface area contributed by atoms with Crippen molar-refractivity contribution in [2.75, 3.05) is 14.2 Å². The second kappa shape index (κ2) is 5.07. The average molecular weight is 162 g/mol. The van der Waals surface area contributed by atoms with Crippen LogP contribution in [-0.2, 0) is 0 Å². The van der Waals surface area contributed by atoms with Crippen LogP contribution in [0.1, 0.15) is 0 Å². The molecule has 0 saturated heterocycles. The second-order valence-electron chi connectivity index (χ2n) is 1.92. The van der Waals surface area contributed by atoms with Crippen LogP contribution in [-0.4, -0.2) is 14.2 Å². The van der Waals surface area contributed by atoms with Gasteiger partial charge in [0, 0.05) is 11.5 Å². The van der Waals surface area contributed by atoms with Gasteiger partial charge in [0.1, 0.15) is 0 Å². The zero-order valence-corrected chi connectivity index (χ0v) is 7.35.